The van der Waals surface area contributed by atoms with Crippen molar-refractivity contribution in [2.45, 2.75) is 6.92 Å². The number of halogens is 1. The Morgan fingerprint density at radius 2 is 1.97 bits per heavy atom. The second-order valence-corrected chi connectivity index (χ2v) is 9.31. The molecular weight excluding hydrogens is 520 g/mol. The van der Waals surface area contributed by atoms with Crippen LogP contribution in [-0.4, -0.2) is 37.7 Å². The van der Waals surface area contributed by atoms with Gasteiger partial charge in [-0.3, -0.25) is 24.4 Å². The molecule has 0 amide bonds. The molecule has 0 aliphatic carbocycles. The quantitative estimate of drug-likeness (QED) is 0.161. The first-order chi connectivity index (χ1) is 14.4. The van der Waals surface area contributed by atoms with Crippen LogP contribution in [-0.2, 0) is 14.3 Å². The van der Waals surface area contributed by atoms with Crippen LogP contribution < -0.4 is 5.32 Å². The summed E-state index contributed by atoms with van der Waals surface area (Å²) in [6, 6.07) is 3.84. The molecule has 0 saturated carbocycles. The van der Waals surface area contributed by atoms with E-state index >= 15 is 0 Å². The number of azo groups is 1. The van der Waals surface area contributed by atoms with Crippen LogP contribution in [0.15, 0.2) is 26.8 Å². The van der Waals surface area contributed by atoms with Gasteiger partial charge in [0.1, 0.15) is 16.1 Å². The third-order valence-corrected chi connectivity index (χ3v) is 5.93. The maximum Gasteiger partial charge on any atom is 0.304 e. The topological polar surface area (TPSA) is 190 Å². The molecule has 0 atom stereocenters. The molecule has 0 radical (unpaired) electrons. The average Bonchev–Trinajstić information content (AvgIpc) is 2.97. The lowest BCUT2D eigenvalue weighted by Crippen LogP contribution is -2.12. The summed E-state index contributed by atoms with van der Waals surface area (Å²) >= 11 is 4.05. The van der Waals surface area contributed by atoms with E-state index in [9.17, 15) is 33.9 Å². The Labute approximate surface area is 187 Å². The lowest BCUT2D eigenvalue weighted by molar-refractivity contribution is -0.393. The van der Waals surface area contributed by atoms with Crippen molar-refractivity contribution in [2.75, 3.05) is 24.7 Å². The normalized spacial score (nSPS) is 11.4. The Hall–Kier alpha value is -3.00. The number of nitrogens with zero attached hydrogens (tertiary/aromatic N) is 5. The molecule has 13 nitrogen and oxygen atoms in total. The van der Waals surface area contributed by atoms with Crippen molar-refractivity contribution in [3.8, 4) is 6.07 Å². The summed E-state index contributed by atoms with van der Waals surface area (Å²) in [7, 11) is -3.60. The monoisotopic (exact) mass is 532 g/mol. The molecule has 0 unspecified atom stereocenters. The summed E-state index contributed by atoms with van der Waals surface area (Å²) in [5.41, 5.74) is -0.632. The number of anilines is 1. The molecule has 16 heteroatoms. The molecule has 0 bridgehead atoms. The molecule has 31 heavy (non-hydrogen) atoms. The van der Waals surface area contributed by atoms with Crippen LogP contribution in [0.4, 0.5) is 27.1 Å². The number of hydrogen-bond donors (Lipinski definition) is 1. The highest BCUT2D eigenvalue weighted by molar-refractivity contribution is 9.10. The minimum atomic E-state index is -3.60. The van der Waals surface area contributed by atoms with E-state index < -0.39 is 31.3 Å². The predicted molar refractivity (Wildman–Crippen MR) is 115 cm³/mol. The third-order valence-electron chi connectivity index (χ3n) is 3.59. The largest absolute Gasteiger partial charge is 0.373 e. The highest BCUT2D eigenvalue weighted by atomic mass is 79.9. The van der Waals surface area contributed by atoms with Crippen LogP contribution in [0, 0.1) is 38.5 Å². The molecule has 0 aliphatic heterocycles. The molecule has 1 N–H and O–H groups in total. The molecule has 0 spiro atoms. The van der Waals surface area contributed by atoms with Crippen LogP contribution in [0.3, 0.4) is 0 Å². The molecule has 1 aromatic heterocycles. The molecule has 0 fully saturated rings. The Bertz CT molecular complexity index is 1220. The highest BCUT2D eigenvalue weighted by Crippen LogP contribution is 2.43. The number of nitriles is 1. The number of nitro groups is 2. The summed E-state index contributed by atoms with van der Waals surface area (Å²) in [5, 5.41) is 43.0. The first-order valence-electron chi connectivity index (χ1n) is 8.10. The van der Waals surface area contributed by atoms with Crippen LogP contribution in [0.5, 0.6) is 0 Å². The second-order valence-electron chi connectivity index (χ2n) is 5.81. The zero-order valence-electron chi connectivity index (χ0n) is 15.9. The van der Waals surface area contributed by atoms with Gasteiger partial charge in [-0.25, -0.2) is 0 Å². The lowest BCUT2D eigenvalue weighted by atomic mass is 10.2. The average molecular weight is 533 g/mol. The standard InChI is InChI=1S/C15H13BrN6O7S2/c1-8-10(7-17)15(18-3-4-29-31(2,27)28)30-14(8)20-19-13-11(16)5-9(21(23)24)6-12(13)22(25)26/h5-6,18H,3-4H2,1-2H3. The van der Waals surface area contributed by atoms with E-state index in [0.717, 1.165) is 29.7 Å². The molecular formula is C15H13BrN6O7S2. The van der Waals surface area contributed by atoms with Gasteiger partial charge < -0.3 is 5.32 Å². The first-order valence-corrected chi connectivity index (χ1v) is 11.5. The van der Waals surface area contributed by atoms with Crippen molar-refractivity contribution in [3.63, 3.8) is 0 Å². The summed E-state index contributed by atoms with van der Waals surface area (Å²) in [5.74, 6) is 0. The van der Waals surface area contributed by atoms with E-state index in [1.54, 1.807) is 6.92 Å². The van der Waals surface area contributed by atoms with E-state index in [1.165, 1.54) is 0 Å². The van der Waals surface area contributed by atoms with Crippen molar-refractivity contribution in [1.29, 1.82) is 5.26 Å². The second kappa shape index (κ2) is 9.87. The molecule has 2 rings (SSSR count). The van der Waals surface area contributed by atoms with Gasteiger partial charge >= 0.3 is 5.69 Å². The Morgan fingerprint density at radius 3 is 2.52 bits per heavy atom. The van der Waals surface area contributed by atoms with E-state index in [0.29, 0.717) is 10.6 Å². The molecule has 0 aliphatic rings. The molecule has 164 valence electrons. The van der Waals surface area contributed by atoms with E-state index in [-0.39, 0.29) is 33.9 Å². The van der Waals surface area contributed by atoms with Gasteiger partial charge in [0, 0.05) is 18.2 Å². The lowest BCUT2D eigenvalue weighted by Gasteiger charge is -2.04. The highest BCUT2D eigenvalue weighted by Gasteiger charge is 2.24. The minimum absolute atomic E-state index is 0.00291. The fourth-order valence-corrected chi connectivity index (χ4v) is 4.13. The smallest absolute Gasteiger partial charge is 0.304 e. The van der Waals surface area contributed by atoms with Gasteiger partial charge in [0.05, 0.1) is 38.8 Å². The van der Waals surface area contributed by atoms with Crippen LogP contribution in [0.2, 0.25) is 0 Å². The summed E-state index contributed by atoms with van der Waals surface area (Å²) in [6.07, 6.45) is 0.914. The number of non-ortho nitro benzene ring substituents is 1. The van der Waals surface area contributed by atoms with E-state index in [4.69, 9.17) is 0 Å². The predicted octanol–water partition coefficient (Wildman–Crippen LogP) is 4.31. The van der Waals surface area contributed by atoms with Crippen molar-refractivity contribution < 1.29 is 22.4 Å². The number of rotatable bonds is 9. The Balaban J connectivity index is 2.35. The van der Waals surface area contributed by atoms with Crippen molar-refractivity contribution in [2.24, 2.45) is 10.2 Å². The Kier molecular flexibility index (Phi) is 7.73. The summed E-state index contributed by atoms with van der Waals surface area (Å²) in [6.45, 7) is 1.54. The van der Waals surface area contributed by atoms with Crippen LogP contribution in [0.1, 0.15) is 11.1 Å². The van der Waals surface area contributed by atoms with Crippen LogP contribution >= 0.6 is 27.3 Å². The van der Waals surface area contributed by atoms with Gasteiger partial charge in [-0.15, -0.1) is 10.2 Å². The zero-order valence-corrected chi connectivity index (χ0v) is 19.1. The summed E-state index contributed by atoms with van der Waals surface area (Å²) in [4.78, 5) is 20.6. The van der Waals surface area contributed by atoms with Gasteiger partial charge in [0.2, 0.25) is 0 Å². The SMILES string of the molecule is Cc1c(N=Nc2c(Br)cc([N+](=O)[O-])cc2[N+](=O)[O-])sc(NCCOS(C)(=O)=O)c1C#N. The van der Waals surface area contributed by atoms with Crippen molar-refractivity contribution >= 4 is 64.4 Å². The number of benzene rings is 1. The van der Waals surface area contributed by atoms with Crippen molar-refractivity contribution in [1.82, 2.24) is 0 Å². The fourth-order valence-electron chi connectivity index (χ4n) is 2.22. The third kappa shape index (κ3) is 6.24. The number of hydrogen-bond acceptors (Lipinski definition) is 12. The van der Waals surface area contributed by atoms with E-state index in [1.807, 2.05) is 6.07 Å². The van der Waals surface area contributed by atoms with Gasteiger partial charge in [-0.2, -0.15) is 13.7 Å². The molecule has 0 saturated heterocycles. The van der Waals surface area contributed by atoms with Gasteiger partial charge in [0.25, 0.3) is 15.8 Å². The fraction of sp³-hybridized carbons (Fsp3) is 0.267. The van der Waals surface area contributed by atoms with Gasteiger partial charge in [-0.05, 0) is 22.9 Å². The van der Waals surface area contributed by atoms with Crippen molar-refractivity contribution in [3.05, 3.63) is 48.0 Å². The Morgan fingerprint density at radius 1 is 1.29 bits per heavy atom. The maximum atomic E-state index is 11.3. The van der Waals surface area contributed by atoms with E-state index in [2.05, 4.69) is 35.7 Å². The van der Waals surface area contributed by atoms with Gasteiger partial charge in [-0.1, -0.05) is 11.3 Å². The maximum absolute atomic E-state index is 11.3. The first kappa shape index (κ1) is 24.3. The molecule has 2 aromatic rings. The van der Waals surface area contributed by atoms with Gasteiger partial charge in [0.15, 0.2) is 5.69 Å². The minimum Gasteiger partial charge on any atom is -0.373 e. The summed E-state index contributed by atoms with van der Waals surface area (Å²) < 4.78 is 26.6. The number of nitrogens with one attached hydrogen (secondary N) is 1. The number of thiophene rings is 1. The zero-order chi connectivity index (χ0) is 23.3. The van der Waals surface area contributed by atoms with Crippen LogP contribution in [0.25, 0.3) is 0 Å². The molecule has 1 heterocycles. The number of nitro benzene ring substituents is 2. The molecule has 1 aromatic carbocycles.